The molecule has 0 radical (unpaired) electrons. The maximum absolute atomic E-state index is 13.5. The third-order valence-corrected chi connectivity index (χ3v) is 9.75. The second-order valence-corrected chi connectivity index (χ2v) is 12.4. The number of piperidine rings is 1. The molecule has 2 aromatic carbocycles. The summed E-state index contributed by atoms with van der Waals surface area (Å²) in [7, 11) is -3.71. The number of aromatic nitrogens is 3. The largest absolute Gasteiger partial charge is 0.367 e. The van der Waals surface area contributed by atoms with Crippen LogP contribution in [0.25, 0.3) is 22.0 Å². The number of sulfonamides is 1. The van der Waals surface area contributed by atoms with Crippen molar-refractivity contribution in [1.29, 1.82) is 0 Å². The van der Waals surface area contributed by atoms with E-state index < -0.39 is 10.0 Å². The summed E-state index contributed by atoms with van der Waals surface area (Å²) in [6.07, 6.45) is 6.21. The number of hydrogen-bond donors (Lipinski definition) is 0. The first-order valence-electron chi connectivity index (χ1n) is 13.7. The molecule has 0 N–H and O–H groups in total. The van der Waals surface area contributed by atoms with Gasteiger partial charge in [0.15, 0.2) is 0 Å². The summed E-state index contributed by atoms with van der Waals surface area (Å²) < 4.78 is 28.4. The van der Waals surface area contributed by atoms with E-state index in [1.165, 1.54) is 10.6 Å². The quantitative estimate of drug-likeness (QED) is 0.369. The van der Waals surface area contributed by atoms with Gasteiger partial charge in [-0.25, -0.2) is 18.4 Å². The van der Waals surface area contributed by atoms with E-state index >= 15 is 0 Å². The first kappa shape index (κ1) is 26.3. The second-order valence-electron chi connectivity index (χ2n) is 10.5. The Morgan fingerprint density at radius 3 is 2.38 bits per heavy atom. The van der Waals surface area contributed by atoms with Crippen molar-refractivity contribution in [2.45, 2.75) is 24.7 Å². The molecule has 2 fully saturated rings. The molecule has 0 spiro atoms. The average Bonchev–Trinajstić information content (AvgIpc) is 3.01. The lowest BCUT2D eigenvalue weighted by Crippen LogP contribution is -2.53. The lowest BCUT2D eigenvalue weighted by atomic mass is 9.97. The van der Waals surface area contributed by atoms with Gasteiger partial charge in [-0.1, -0.05) is 30.3 Å². The van der Waals surface area contributed by atoms with E-state index in [2.05, 4.69) is 32.0 Å². The zero-order valence-corrected chi connectivity index (χ0v) is 23.3. The van der Waals surface area contributed by atoms with Gasteiger partial charge in [-0.05, 0) is 49.6 Å². The molecule has 2 aliphatic rings. The molecule has 1 unspecified atom stereocenters. The Labute approximate surface area is 234 Å². The first-order chi connectivity index (χ1) is 19.4. The van der Waals surface area contributed by atoms with Gasteiger partial charge in [0.25, 0.3) is 0 Å². The summed E-state index contributed by atoms with van der Waals surface area (Å²) >= 11 is 0. The van der Waals surface area contributed by atoms with Gasteiger partial charge in [-0.2, -0.15) is 4.31 Å². The van der Waals surface area contributed by atoms with Crippen LogP contribution in [0.15, 0.2) is 78.2 Å². The van der Waals surface area contributed by atoms with Gasteiger partial charge in [0.2, 0.25) is 15.9 Å². The molecule has 2 aliphatic heterocycles. The SMILES string of the molecule is Cc1cc(N2CCN(C(=O)C3CCCN(S(=O)(=O)c4ccc(-c5cncnc5)cc4)C3)CC2)c2ccccc2n1. The third kappa shape index (κ3) is 5.16. The van der Waals surface area contributed by atoms with Gasteiger partial charge in [0.05, 0.1) is 16.3 Å². The van der Waals surface area contributed by atoms with Crippen molar-refractivity contribution < 1.29 is 13.2 Å². The van der Waals surface area contributed by atoms with Crippen molar-refractivity contribution in [1.82, 2.24) is 24.2 Å². The topological polar surface area (TPSA) is 99.6 Å². The van der Waals surface area contributed by atoms with Crippen molar-refractivity contribution in [2.24, 2.45) is 5.92 Å². The number of para-hydroxylation sites is 1. The zero-order chi connectivity index (χ0) is 27.7. The van der Waals surface area contributed by atoms with Crippen molar-refractivity contribution >= 4 is 32.5 Å². The lowest BCUT2D eigenvalue weighted by Gasteiger charge is -2.39. The number of rotatable bonds is 5. The summed E-state index contributed by atoms with van der Waals surface area (Å²) in [4.78, 5) is 30.7. The minimum atomic E-state index is -3.71. The summed E-state index contributed by atoms with van der Waals surface area (Å²) in [5, 5.41) is 1.12. The molecule has 0 aliphatic carbocycles. The van der Waals surface area contributed by atoms with E-state index in [1.54, 1.807) is 36.7 Å². The number of fused-ring (bicyclic) bond motifs is 1. The molecule has 40 heavy (non-hydrogen) atoms. The van der Waals surface area contributed by atoms with E-state index in [1.807, 2.05) is 30.0 Å². The minimum Gasteiger partial charge on any atom is -0.367 e. The summed E-state index contributed by atoms with van der Waals surface area (Å²) in [5.74, 6) is -0.283. The molecule has 4 aromatic rings. The third-order valence-electron chi connectivity index (χ3n) is 7.87. The van der Waals surface area contributed by atoms with Crippen LogP contribution in [0.1, 0.15) is 18.5 Å². The van der Waals surface area contributed by atoms with Gasteiger partial charge < -0.3 is 9.80 Å². The molecule has 9 nitrogen and oxygen atoms in total. The number of carbonyl (C=O) groups is 1. The fraction of sp³-hybridized carbons (Fsp3) is 0.333. The van der Waals surface area contributed by atoms with Crippen molar-refractivity contribution in [3.05, 3.63) is 79.0 Å². The molecule has 10 heteroatoms. The summed E-state index contributed by atoms with van der Waals surface area (Å²) in [6, 6.07) is 17.0. The van der Waals surface area contributed by atoms with Crippen LogP contribution in [-0.2, 0) is 14.8 Å². The van der Waals surface area contributed by atoms with E-state index in [0.29, 0.717) is 32.5 Å². The minimum absolute atomic E-state index is 0.0507. The molecule has 206 valence electrons. The van der Waals surface area contributed by atoms with Crippen LogP contribution >= 0.6 is 0 Å². The summed E-state index contributed by atoms with van der Waals surface area (Å²) in [6.45, 7) is 5.32. The van der Waals surface area contributed by atoms with Crippen LogP contribution in [0.4, 0.5) is 5.69 Å². The highest BCUT2D eigenvalue weighted by Gasteiger charge is 2.36. The Bertz CT molecular complexity index is 1620. The van der Waals surface area contributed by atoms with Gasteiger partial charge in [0, 0.05) is 74.0 Å². The fourth-order valence-electron chi connectivity index (χ4n) is 5.75. The van der Waals surface area contributed by atoms with Gasteiger partial charge in [0.1, 0.15) is 6.33 Å². The van der Waals surface area contributed by atoms with Crippen LogP contribution in [0.2, 0.25) is 0 Å². The number of aryl methyl sites for hydroxylation is 1. The molecule has 1 atom stereocenters. The predicted molar refractivity (Wildman–Crippen MR) is 154 cm³/mol. The molecule has 2 aromatic heterocycles. The van der Waals surface area contributed by atoms with Crippen LogP contribution in [0.3, 0.4) is 0 Å². The fourth-order valence-corrected chi connectivity index (χ4v) is 7.28. The first-order valence-corrected chi connectivity index (χ1v) is 15.1. The average molecular weight is 557 g/mol. The molecular formula is C30H32N6O3S. The van der Waals surface area contributed by atoms with E-state index in [4.69, 9.17) is 0 Å². The highest BCUT2D eigenvalue weighted by atomic mass is 32.2. The number of anilines is 1. The number of piperazine rings is 1. The number of nitrogens with zero attached hydrogens (tertiary/aromatic N) is 6. The van der Waals surface area contributed by atoms with Crippen molar-refractivity contribution in [3.8, 4) is 11.1 Å². The lowest BCUT2D eigenvalue weighted by molar-refractivity contribution is -0.137. The van der Waals surface area contributed by atoms with Crippen molar-refractivity contribution in [3.63, 3.8) is 0 Å². The van der Waals surface area contributed by atoms with Crippen LogP contribution in [0.5, 0.6) is 0 Å². The monoisotopic (exact) mass is 556 g/mol. The summed E-state index contributed by atoms with van der Waals surface area (Å²) in [5.41, 5.74) is 4.77. The maximum Gasteiger partial charge on any atom is 0.243 e. The molecule has 2 saturated heterocycles. The number of carbonyl (C=O) groups excluding carboxylic acids is 1. The Hall–Kier alpha value is -3.89. The van der Waals surface area contributed by atoms with Crippen LogP contribution < -0.4 is 4.90 Å². The highest BCUT2D eigenvalue weighted by Crippen LogP contribution is 2.30. The molecule has 6 rings (SSSR count). The van der Waals surface area contributed by atoms with Gasteiger partial charge in [-0.3, -0.25) is 9.78 Å². The Kier molecular flexibility index (Phi) is 7.20. The standard InChI is InChI=1S/C30H32N6O3S/c1-22-17-29(27-6-2-3-7-28(27)33-22)34-13-15-35(16-14-34)30(37)24-5-4-12-36(20-24)40(38,39)26-10-8-23(9-11-26)25-18-31-21-32-19-25/h2-3,6-11,17-19,21,24H,4-5,12-16,20H2,1H3. The maximum atomic E-state index is 13.5. The number of hydrogen-bond acceptors (Lipinski definition) is 7. The Balaban J connectivity index is 1.11. The smallest absolute Gasteiger partial charge is 0.243 e. The van der Waals surface area contributed by atoms with Crippen LogP contribution in [0, 0.1) is 12.8 Å². The highest BCUT2D eigenvalue weighted by molar-refractivity contribution is 7.89. The van der Waals surface area contributed by atoms with E-state index in [0.717, 1.165) is 46.5 Å². The zero-order valence-electron chi connectivity index (χ0n) is 22.5. The number of benzene rings is 2. The van der Waals surface area contributed by atoms with E-state index in [9.17, 15) is 13.2 Å². The van der Waals surface area contributed by atoms with Crippen molar-refractivity contribution in [2.75, 3.05) is 44.2 Å². The molecule has 0 bridgehead atoms. The molecular weight excluding hydrogens is 524 g/mol. The van der Waals surface area contributed by atoms with Gasteiger partial charge in [-0.15, -0.1) is 0 Å². The normalized spacial score (nSPS) is 18.7. The molecule has 4 heterocycles. The second kappa shape index (κ2) is 10.9. The van der Waals surface area contributed by atoms with E-state index in [-0.39, 0.29) is 23.3 Å². The Morgan fingerprint density at radius 2 is 1.62 bits per heavy atom. The Morgan fingerprint density at radius 1 is 0.900 bits per heavy atom. The number of amides is 1. The van der Waals surface area contributed by atoms with Gasteiger partial charge >= 0.3 is 0 Å². The predicted octanol–water partition coefficient (Wildman–Crippen LogP) is 3.75. The molecule has 0 saturated carbocycles. The number of pyridine rings is 1. The van der Waals surface area contributed by atoms with Crippen LogP contribution in [-0.4, -0.2) is 77.8 Å². The molecule has 1 amide bonds.